The molecule has 2 aromatic carbocycles. The van der Waals surface area contributed by atoms with Crippen LogP contribution in [-0.4, -0.2) is 19.4 Å². The molecule has 0 atom stereocenters. The lowest BCUT2D eigenvalue weighted by molar-refractivity contribution is 0.0990. The summed E-state index contributed by atoms with van der Waals surface area (Å²) in [7, 11) is 1.60. The van der Waals surface area contributed by atoms with Gasteiger partial charge in [0.1, 0.15) is 5.75 Å². The Morgan fingerprint density at radius 3 is 2.60 bits per heavy atom. The molecule has 0 bridgehead atoms. The van der Waals surface area contributed by atoms with Crippen LogP contribution in [0.5, 0.6) is 5.75 Å². The second-order valence-corrected chi connectivity index (χ2v) is 5.22. The number of methoxy groups -OCH3 is 1. The van der Waals surface area contributed by atoms with Crippen molar-refractivity contribution < 1.29 is 9.53 Å². The topological polar surface area (TPSA) is 38.3 Å². The maximum absolute atomic E-state index is 12.1. The first-order chi connectivity index (χ1) is 9.70. The highest BCUT2D eigenvalue weighted by Gasteiger charge is 2.08. The second kappa shape index (κ2) is 7.22. The minimum atomic E-state index is 0.0595. The lowest BCUT2D eigenvalue weighted by atomic mass is 10.1. The Kier molecular flexibility index (Phi) is 5.32. The van der Waals surface area contributed by atoms with Gasteiger partial charge in [0, 0.05) is 12.1 Å². The zero-order valence-corrected chi connectivity index (χ0v) is 12.8. The number of Topliss-reactive ketones (excluding diaryl/α,β-unsaturated/α-hetero) is 1. The molecule has 0 spiro atoms. The van der Waals surface area contributed by atoms with Crippen molar-refractivity contribution in [1.29, 1.82) is 0 Å². The van der Waals surface area contributed by atoms with Gasteiger partial charge in [-0.2, -0.15) is 0 Å². The van der Waals surface area contributed by atoms with E-state index in [-0.39, 0.29) is 5.78 Å². The summed E-state index contributed by atoms with van der Waals surface area (Å²) >= 11 is 3.38. The number of ether oxygens (including phenoxy) is 1. The van der Waals surface area contributed by atoms with Gasteiger partial charge >= 0.3 is 0 Å². The molecule has 0 aromatic heterocycles. The molecule has 0 aliphatic rings. The maximum Gasteiger partial charge on any atom is 0.176 e. The predicted molar refractivity (Wildman–Crippen MR) is 83.2 cm³/mol. The molecule has 0 amide bonds. The van der Waals surface area contributed by atoms with Gasteiger partial charge in [-0.05, 0) is 39.7 Å². The minimum absolute atomic E-state index is 0.0595. The summed E-state index contributed by atoms with van der Waals surface area (Å²) in [6, 6.07) is 15.3. The van der Waals surface area contributed by atoms with E-state index in [1.807, 2.05) is 30.3 Å². The third-order valence-electron chi connectivity index (χ3n) is 2.93. The Bertz CT molecular complexity index is 584. The molecule has 0 saturated carbocycles. The van der Waals surface area contributed by atoms with Crippen LogP contribution >= 0.6 is 15.9 Å². The summed E-state index contributed by atoms with van der Waals surface area (Å²) in [4.78, 5) is 12.1. The first kappa shape index (κ1) is 14.8. The summed E-state index contributed by atoms with van der Waals surface area (Å²) in [5, 5.41) is 3.15. The van der Waals surface area contributed by atoms with Crippen LogP contribution in [0.4, 0.5) is 0 Å². The number of benzene rings is 2. The quantitative estimate of drug-likeness (QED) is 0.823. The number of halogens is 1. The highest BCUT2D eigenvalue weighted by atomic mass is 79.9. The lowest BCUT2D eigenvalue weighted by Gasteiger charge is -2.07. The van der Waals surface area contributed by atoms with Crippen LogP contribution < -0.4 is 10.1 Å². The van der Waals surface area contributed by atoms with Gasteiger partial charge in [0.15, 0.2) is 5.78 Å². The first-order valence-corrected chi connectivity index (χ1v) is 7.11. The Morgan fingerprint density at radius 2 is 1.95 bits per heavy atom. The number of rotatable bonds is 6. The van der Waals surface area contributed by atoms with Crippen molar-refractivity contribution in [2.24, 2.45) is 0 Å². The van der Waals surface area contributed by atoms with Crippen molar-refractivity contribution >= 4 is 21.7 Å². The second-order valence-electron chi connectivity index (χ2n) is 4.36. The molecule has 0 aliphatic carbocycles. The van der Waals surface area contributed by atoms with Crippen molar-refractivity contribution in [3.05, 3.63) is 64.1 Å². The van der Waals surface area contributed by atoms with E-state index in [1.165, 1.54) is 0 Å². The number of carbonyl (C=O) groups is 1. The fourth-order valence-electron chi connectivity index (χ4n) is 1.86. The van der Waals surface area contributed by atoms with E-state index in [4.69, 9.17) is 4.74 Å². The minimum Gasteiger partial charge on any atom is -0.496 e. The van der Waals surface area contributed by atoms with Gasteiger partial charge in [0.05, 0.1) is 18.1 Å². The van der Waals surface area contributed by atoms with Crippen LogP contribution in [-0.2, 0) is 6.54 Å². The molecule has 2 rings (SSSR count). The van der Waals surface area contributed by atoms with Crippen molar-refractivity contribution in [3.8, 4) is 5.75 Å². The smallest absolute Gasteiger partial charge is 0.176 e. The van der Waals surface area contributed by atoms with E-state index >= 15 is 0 Å². The Labute approximate surface area is 127 Å². The maximum atomic E-state index is 12.1. The summed E-state index contributed by atoms with van der Waals surface area (Å²) in [6.45, 7) is 0.998. The van der Waals surface area contributed by atoms with Crippen LogP contribution in [0.15, 0.2) is 53.0 Å². The lowest BCUT2D eigenvalue weighted by Crippen LogP contribution is -2.22. The standard InChI is InChI=1S/C16H16BrNO2/c1-20-16-8-7-13(9-14(16)17)15(19)11-18-10-12-5-3-2-4-6-12/h2-9,18H,10-11H2,1H3. The van der Waals surface area contributed by atoms with E-state index in [2.05, 4.69) is 21.2 Å². The van der Waals surface area contributed by atoms with Gasteiger partial charge in [-0.15, -0.1) is 0 Å². The molecule has 0 unspecified atom stereocenters. The molecule has 0 fully saturated rings. The van der Waals surface area contributed by atoms with Crippen molar-refractivity contribution in [2.45, 2.75) is 6.54 Å². The van der Waals surface area contributed by atoms with E-state index in [0.717, 1.165) is 15.8 Å². The molecule has 0 radical (unpaired) electrons. The van der Waals surface area contributed by atoms with Gasteiger partial charge in [0.25, 0.3) is 0 Å². The van der Waals surface area contributed by atoms with E-state index < -0.39 is 0 Å². The summed E-state index contributed by atoms with van der Waals surface area (Å²) < 4.78 is 5.93. The number of carbonyl (C=O) groups excluding carboxylic acids is 1. The van der Waals surface area contributed by atoms with E-state index in [1.54, 1.807) is 25.3 Å². The van der Waals surface area contributed by atoms with Gasteiger partial charge < -0.3 is 10.1 Å². The van der Waals surface area contributed by atoms with Gasteiger partial charge in [0.2, 0.25) is 0 Å². The van der Waals surface area contributed by atoms with Crippen molar-refractivity contribution in [3.63, 3.8) is 0 Å². The summed E-state index contributed by atoms with van der Waals surface area (Å²) in [5.41, 5.74) is 1.83. The molecule has 20 heavy (non-hydrogen) atoms. The number of hydrogen-bond acceptors (Lipinski definition) is 3. The third kappa shape index (κ3) is 3.92. The highest BCUT2D eigenvalue weighted by molar-refractivity contribution is 9.10. The SMILES string of the molecule is COc1ccc(C(=O)CNCc2ccccc2)cc1Br. The van der Waals surface area contributed by atoms with Gasteiger partial charge in [-0.25, -0.2) is 0 Å². The molecule has 2 aromatic rings. The summed E-state index contributed by atoms with van der Waals surface area (Å²) in [5.74, 6) is 0.781. The third-order valence-corrected chi connectivity index (χ3v) is 3.55. The summed E-state index contributed by atoms with van der Waals surface area (Å²) in [6.07, 6.45) is 0. The highest BCUT2D eigenvalue weighted by Crippen LogP contribution is 2.25. The fourth-order valence-corrected chi connectivity index (χ4v) is 2.40. The molecule has 4 heteroatoms. The zero-order chi connectivity index (χ0) is 14.4. The Balaban J connectivity index is 1.90. The molecule has 3 nitrogen and oxygen atoms in total. The van der Waals surface area contributed by atoms with Gasteiger partial charge in [-0.1, -0.05) is 30.3 Å². The molecule has 0 aliphatic heterocycles. The van der Waals surface area contributed by atoms with Crippen molar-refractivity contribution in [1.82, 2.24) is 5.32 Å². The average molecular weight is 334 g/mol. The van der Waals surface area contributed by atoms with Crippen LogP contribution in [0.3, 0.4) is 0 Å². The first-order valence-electron chi connectivity index (χ1n) is 6.32. The van der Waals surface area contributed by atoms with Crippen LogP contribution in [0, 0.1) is 0 Å². The molecular formula is C16H16BrNO2. The normalized spacial score (nSPS) is 10.3. The van der Waals surface area contributed by atoms with Crippen LogP contribution in [0.25, 0.3) is 0 Å². The van der Waals surface area contributed by atoms with E-state index in [0.29, 0.717) is 18.7 Å². The van der Waals surface area contributed by atoms with Crippen LogP contribution in [0.1, 0.15) is 15.9 Å². The zero-order valence-electron chi connectivity index (χ0n) is 11.2. The molecule has 0 saturated heterocycles. The van der Waals surface area contributed by atoms with Crippen molar-refractivity contribution in [2.75, 3.05) is 13.7 Å². The van der Waals surface area contributed by atoms with E-state index in [9.17, 15) is 4.79 Å². The number of nitrogens with one attached hydrogen (secondary N) is 1. The van der Waals surface area contributed by atoms with Crippen LogP contribution in [0.2, 0.25) is 0 Å². The predicted octanol–water partition coefficient (Wildman–Crippen LogP) is 3.43. The molecular weight excluding hydrogens is 318 g/mol. The molecule has 0 heterocycles. The number of hydrogen-bond donors (Lipinski definition) is 1. The number of ketones is 1. The van der Waals surface area contributed by atoms with Gasteiger partial charge in [-0.3, -0.25) is 4.79 Å². The molecule has 1 N–H and O–H groups in total. The largest absolute Gasteiger partial charge is 0.496 e. The Morgan fingerprint density at radius 1 is 1.20 bits per heavy atom. The molecule has 104 valence electrons. The fraction of sp³-hybridized carbons (Fsp3) is 0.188. The average Bonchev–Trinajstić information content (AvgIpc) is 2.48. The monoisotopic (exact) mass is 333 g/mol. The Hall–Kier alpha value is -1.65.